The smallest absolute Gasteiger partial charge is 0.162 e. The average molecular weight is 376 g/mol. The Morgan fingerprint density at radius 2 is 1.75 bits per heavy atom. The van der Waals surface area contributed by atoms with E-state index in [0.717, 1.165) is 17.8 Å². The normalized spacial score (nSPS) is 21.5. The summed E-state index contributed by atoms with van der Waals surface area (Å²) in [4.78, 5) is 10.1. The van der Waals surface area contributed by atoms with Gasteiger partial charge in [-0.25, -0.2) is 9.50 Å². The zero-order valence-electron chi connectivity index (χ0n) is 16.5. The van der Waals surface area contributed by atoms with Crippen molar-refractivity contribution in [1.82, 2.24) is 24.4 Å². The first-order chi connectivity index (χ1) is 13.9. The highest BCUT2D eigenvalue weighted by Crippen LogP contribution is 2.25. The topological polar surface area (TPSA) is 36.7 Å². The van der Waals surface area contributed by atoms with E-state index < -0.39 is 0 Å². The van der Waals surface area contributed by atoms with Gasteiger partial charge in [-0.2, -0.15) is 5.10 Å². The summed E-state index contributed by atoms with van der Waals surface area (Å²) in [5.41, 5.74) is 4.45. The zero-order chi connectivity index (χ0) is 18.8. The highest BCUT2D eigenvalue weighted by atomic mass is 15.3. The maximum atomic E-state index is 4.77. The third kappa shape index (κ3) is 3.69. The standard InChI is InChI=1S/C23H29N5/c1-2-8-20(9-3-1)22-15-25-28-17-19(14-24-23(22)28)16-27-13-5-4-10-21(27)18-26-11-6-7-12-26/h1-3,8-9,14-15,17,21H,4-7,10-13,16,18H2/t21-/m1/s1. The molecule has 0 saturated carbocycles. The second-order valence-electron chi connectivity index (χ2n) is 8.28. The molecule has 2 aromatic heterocycles. The molecule has 146 valence electrons. The van der Waals surface area contributed by atoms with Gasteiger partial charge in [-0.15, -0.1) is 0 Å². The maximum absolute atomic E-state index is 4.77. The van der Waals surface area contributed by atoms with Crippen LogP contribution in [0.15, 0.2) is 48.9 Å². The fraction of sp³-hybridized carbons (Fsp3) is 0.478. The Morgan fingerprint density at radius 3 is 2.61 bits per heavy atom. The number of piperidine rings is 1. The molecule has 2 fully saturated rings. The van der Waals surface area contributed by atoms with Gasteiger partial charge in [0.05, 0.1) is 6.20 Å². The molecule has 0 radical (unpaired) electrons. The SMILES string of the molecule is c1ccc(-c2cnn3cc(CN4CCCC[C@@H]4CN4CCCC4)cnc23)cc1. The van der Waals surface area contributed by atoms with Crippen molar-refractivity contribution in [3.05, 3.63) is 54.5 Å². The van der Waals surface area contributed by atoms with Crippen molar-refractivity contribution in [1.29, 1.82) is 0 Å². The van der Waals surface area contributed by atoms with Crippen molar-refractivity contribution in [3.63, 3.8) is 0 Å². The van der Waals surface area contributed by atoms with E-state index >= 15 is 0 Å². The van der Waals surface area contributed by atoms with Crippen molar-refractivity contribution in [2.75, 3.05) is 26.2 Å². The van der Waals surface area contributed by atoms with Crippen LogP contribution >= 0.6 is 0 Å². The van der Waals surface area contributed by atoms with E-state index in [4.69, 9.17) is 4.98 Å². The lowest BCUT2D eigenvalue weighted by atomic mass is 10.0. The summed E-state index contributed by atoms with van der Waals surface area (Å²) in [5.74, 6) is 0. The van der Waals surface area contributed by atoms with Gasteiger partial charge in [0.25, 0.3) is 0 Å². The maximum Gasteiger partial charge on any atom is 0.162 e. The number of benzene rings is 1. The molecule has 2 saturated heterocycles. The van der Waals surface area contributed by atoms with Gasteiger partial charge in [0.1, 0.15) is 0 Å². The average Bonchev–Trinajstić information content (AvgIpc) is 3.40. The molecule has 28 heavy (non-hydrogen) atoms. The van der Waals surface area contributed by atoms with Crippen LogP contribution in [0, 0.1) is 0 Å². The van der Waals surface area contributed by atoms with Crippen LogP contribution < -0.4 is 0 Å². The molecule has 0 amide bonds. The van der Waals surface area contributed by atoms with Crippen molar-refractivity contribution in [3.8, 4) is 11.1 Å². The molecule has 2 aliphatic rings. The molecule has 1 atom stereocenters. The Hall–Kier alpha value is -2.24. The first-order valence-corrected chi connectivity index (χ1v) is 10.7. The van der Waals surface area contributed by atoms with Crippen LogP contribution in [0.5, 0.6) is 0 Å². The van der Waals surface area contributed by atoms with Crippen molar-refractivity contribution in [2.24, 2.45) is 0 Å². The van der Waals surface area contributed by atoms with E-state index in [0.29, 0.717) is 6.04 Å². The van der Waals surface area contributed by atoms with Gasteiger partial charge in [-0.05, 0) is 50.9 Å². The first-order valence-electron chi connectivity index (χ1n) is 10.7. The lowest BCUT2D eigenvalue weighted by Crippen LogP contribution is -2.45. The minimum absolute atomic E-state index is 0.681. The van der Waals surface area contributed by atoms with Crippen LogP contribution in [0.1, 0.15) is 37.7 Å². The molecule has 3 aromatic rings. The van der Waals surface area contributed by atoms with Gasteiger partial charge in [0.2, 0.25) is 0 Å². The highest BCUT2D eigenvalue weighted by Gasteiger charge is 2.26. The summed E-state index contributed by atoms with van der Waals surface area (Å²) in [7, 11) is 0. The van der Waals surface area contributed by atoms with Gasteiger partial charge in [-0.3, -0.25) is 4.90 Å². The highest BCUT2D eigenvalue weighted by molar-refractivity contribution is 5.76. The van der Waals surface area contributed by atoms with Gasteiger partial charge >= 0.3 is 0 Å². The van der Waals surface area contributed by atoms with Crippen LogP contribution in [0.2, 0.25) is 0 Å². The van der Waals surface area contributed by atoms with Gasteiger partial charge < -0.3 is 4.90 Å². The lowest BCUT2D eigenvalue weighted by Gasteiger charge is -2.37. The molecule has 5 nitrogen and oxygen atoms in total. The minimum atomic E-state index is 0.681. The van der Waals surface area contributed by atoms with Gasteiger partial charge in [-0.1, -0.05) is 36.8 Å². The van der Waals surface area contributed by atoms with E-state index in [1.54, 1.807) is 0 Å². The lowest BCUT2D eigenvalue weighted by molar-refractivity contribution is 0.106. The summed E-state index contributed by atoms with van der Waals surface area (Å²) >= 11 is 0. The number of hydrogen-bond acceptors (Lipinski definition) is 4. The molecule has 0 spiro atoms. The fourth-order valence-electron chi connectivity index (χ4n) is 4.79. The number of hydrogen-bond donors (Lipinski definition) is 0. The largest absolute Gasteiger partial charge is 0.302 e. The number of fused-ring (bicyclic) bond motifs is 1. The van der Waals surface area contributed by atoms with Crippen LogP contribution in [-0.2, 0) is 6.54 Å². The van der Waals surface area contributed by atoms with Crippen LogP contribution in [0.3, 0.4) is 0 Å². The molecule has 4 heterocycles. The van der Waals surface area contributed by atoms with E-state index in [-0.39, 0.29) is 0 Å². The Kier molecular flexibility index (Phi) is 5.10. The Morgan fingerprint density at radius 1 is 0.929 bits per heavy atom. The molecule has 5 heteroatoms. The van der Waals surface area contributed by atoms with E-state index in [1.165, 1.54) is 69.4 Å². The summed E-state index contributed by atoms with van der Waals surface area (Å²) in [5, 5.41) is 4.58. The number of likely N-dealkylation sites (tertiary alicyclic amines) is 2. The monoisotopic (exact) mass is 375 g/mol. The summed E-state index contributed by atoms with van der Waals surface area (Å²) in [6.07, 6.45) is 12.9. The van der Waals surface area contributed by atoms with Crippen molar-refractivity contribution < 1.29 is 0 Å². The van der Waals surface area contributed by atoms with Crippen molar-refractivity contribution in [2.45, 2.75) is 44.7 Å². The Labute approximate surface area is 167 Å². The van der Waals surface area contributed by atoms with Crippen molar-refractivity contribution >= 4 is 5.65 Å². The van der Waals surface area contributed by atoms with Crippen LogP contribution in [-0.4, -0.2) is 56.6 Å². The second-order valence-corrected chi connectivity index (χ2v) is 8.28. The fourth-order valence-corrected chi connectivity index (χ4v) is 4.79. The van der Waals surface area contributed by atoms with E-state index in [1.807, 2.05) is 23.0 Å². The predicted molar refractivity (Wildman–Crippen MR) is 112 cm³/mol. The van der Waals surface area contributed by atoms with Gasteiger partial charge in [0, 0.05) is 42.7 Å². The second kappa shape index (κ2) is 8.02. The number of rotatable bonds is 5. The molecule has 2 aliphatic heterocycles. The Balaban J connectivity index is 1.34. The summed E-state index contributed by atoms with van der Waals surface area (Å²) < 4.78 is 1.94. The molecular formula is C23H29N5. The Bertz CT molecular complexity index is 913. The predicted octanol–water partition coefficient (Wildman–Crippen LogP) is 3.85. The van der Waals surface area contributed by atoms with Crippen LogP contribution in [0.25, 0.3) is 16.8 Å². The third-order valence-corrected chi connectivity index (χ3v) is 6.30. The van der Waals surface area contributed by atoms with E-state index in [2.05, 4.69) is 45.4 Å². The molecular weight excluding hydrogens is 346 g/mol. The first kappa shape index (κ1) is 17.8. The number of aromatic nitrogens is 3. The zero-order valence-corrected chi connectivity index (χ0v) is 16.5. The molecule has 0 unspecified atom stereocenters. The molecule has 0 bridgehead atoms. The molecule has 1 aromatic carbocycles. The van der Waals surface area contributed by atoms with E-state index in [9.17, 15) is 0 Å². The molecule has 5 rings (SSSR count). The number of nitrogens with zero attached hydrogens (tertiary/aromatic N) is 5. The quantitative estimate of drug-likeness (QED) is 0.679. The summed E-state index contributed by atoms with van der Waals surface area (Å²) in [6, 6.07) is 11.1. The molecule has 0 N–H and O–H groups in total. The summed E-state index contributed by atoms with van der Waals surface area (Å²) in [6.45, 7) is 5.98. The minimum Gasteiger partial charge on any atom is -0.302 e. The molecule has 0 aliphatic carbocycles. The van der Waals surface area contributed by atoms with Crippen LogP contribution in [0.4, 0.5) is 0 Å². The third-order valence-electron chi connectivity index (χ3n) is 6.30. The van der Waals surface area contributed by atoms with Gasteiger partial charge in [0.15, 0.2) is 5.65 Å².